The van der Waals surface area contributed by atoms with Crippen molar-refractivity contribution >= 4 is 22.6 Å². The fourth-order valence-corrected chi connectivity index (χ4v) is 2.16. The maximum Gasteiger partial charge on any atom is 0.129 e. The largest absolute Gasteiger partial charge is 0.272 e. The Morgan fingerprint density at radius 2 is 2.05 bits per heavy atom. The molecule has 5 heteroatoms. The molecule has 3 aromatic rings. The summed E-state index contributed by atoms with van der Waals surface area (Å²) in [6.45, 7) is 3.05. The van der Waals surface area contributed by atoms with Crippen molar-refractivity contribution in [3.63, 3.8) is 0 Å². The summed E-state index contributed by atoms with van der Waals surface area (Å²) in [4.78, 5) is 8.68. The van der Waals surface area contributed by atoms with E-state index in [0.717, 1.165) is 35.1 Å². The lowest BCUT2D eigenvalue weighted by molar-refractivity contribution is 0.603. The summed E-state index contributed by atoms with van der Waals surface area (Å²) in [5, 5.41) is 4.80. The maximum absolute atomic E-state index is 5.91. The minimum Gasteiger partial charge on any atom is -0.272 e. The van der Waals surface area contributed by atoms with Gasteiger partial charge in [0.2, 0.25) is 0 Å². The van der Waals surface area contributed by atoms with Crippen molar-refractivity contribution in [1.29, 1.82) is 0 Å². The molecule has 3 heterocycles. The molecule has 0 amide bonds. The van der Waals surface area contributed by atoms with E-state index in [1.165, 1.54) is 0 Å². The first-order chi connectivity index (χ1) is 9.26. The van der Waals surface area contributed by atoms with E-state index in [1.54, 1.807) is 6.07 Å². The van der Waals surface area contributed by atoms with Crippen LogP contribution in [0.2, 0.25) is 5.15 Å². The number of aryl methyl sites for hydroxylation is 1. The zero-order chi connectivity index (χ0) is 13.2. The average Bonchev–Trinajstić information content (AvgIpc) is 2.87. The molecule has 0 bridgehead atoms. The van der Waals surface area contributed by atoms with Gasteiger partial charge in [-0.05, 0) is 24.6 Å². The first kappa shape index (κ1) is 12.1. The van der Waals surface area contributed by atoms with Crippen molar-refractivity contribution in [1.82, 2.24) is 19.7 Å². The molecule has 0 aromatic carbocycles. The lowest BCUT2D eigenvalue weighted by Crippen LogP contribution is -1.95. The first-order valence-corrected chi connectivity index (χ1v) is 6.59. The molecule has 0 atom stereocenters. The molecular formula is C14H13ClN4. The van der Waals surface area contributed by atoms with E-state index in [2.05, 4.69) is 22.0 Å². The zero-order valence-electron chi connectivity index (χ0n) is 10.5. The molecule has 19 heavy (non-hydrogen) atoms. The standard InChI is InChI=1S/C14H13ClN4/c1-2-5-19-9-11(8-17-19)10-6-13-12(16-7-10)3-4-14(15)18-13/h3-4,6-9H,2,5H2,1H3. The molecule has 0 spiro atoms. The van der Waals surface area contributed by atoms with Crippen molar-refractivity contribution < 1.29 is 0 Å². The van der Waals surface area contributed by atoms with Crippen molar-refractivity contribution in [2.24, 2.45) is 0 Å². The number of aromatic nitrogens is 4. The fourth-order valence-electron chi connectivity index (χ4n) is 2.00. The molecule has 4 nitrogen and oxygen atoms in total. The summed E-state index contributed by atoms with van der Waals surface area (Å²) in [6.07, 6.45) is 6.78. The highest BCUT2D eigenvalue weighted by Gasteiger charge is 2.05. The summed E-state index contributed by atoms with van der Waals surface area (Å²) >= 11 is 5.91. The smallest absolute Gasteiger partial charge is 0.129 e. The molecule has 96 valence electrons. The monoisotopic (exact) mass is 272 g/mol. The van der Waals surface area contributed by atoms with E-state index in [0.29, 0.717) is 5.15 Å². The summed E-state index contributed by atoms with van der Waals surface area (Å²) < 4.78 is 1.94. The molecule has 0 aliphatic rings. The van der Waals surface area contributed by atoms with E-state index in [1.807, 2.05) is 35.4 Å². The molecule has 0 saturated carbocycles. The van der Waals surface area contributed by atoms with E-state index in [-0.39, 0.29) is 0 Å². The van der Waals surface area contributed by atoms with Crippen LogP contribution in [0, 0.1) is 0 Å². The number of fused-ring (bicyclic) bond motifs is 1. The van der Waals surface area contributed by atoms with Gasteiger partial charge >= 0.3 is 0 Å². The van der Waals surface area contributed by atoms with Crippen LogP contribution in [0.3, 0.4) is 0 Å². The quantitative estimate of drug-likeness (QED) is 0.685. The number of rotatable bonds is 3. The third kappa shape index (κ3) is 2.44. The molecule has 3 aromatic heterocycles. The maximum atomic E-state index is 5.91. The van der Waals surface area contributed by atoms with Crippen molar-refractivity contribution in [3.05, 3.63) is 41.9 Å². The van der Waals surface area contributed by atoms with E-state index in [4.69, 9.17) is 11.6 Å². The molecule has 0 aliphatic carbocycles. The second-order valence-electron chi connectivity index (χ2n) is 4.39. The van der Waals surface area contributed by atoms with Gasteiger partial charge in [0, 0.05) is 30.1 Å². The number of hydrogen-bond acceptors (Lipinski definition) is 3. The van der Waals surface area contributed by atoms with Crippen LogP contribution in [0.5, 0.6) is 0 Å². The summed E-state index contributed by atoms with van der Waals surface area (Å²) in [6, 6.07) is 5.60. The SMILES string of the molecule is CCCn1cc(-c2cnc3ccc(Cl)nc3c2)cn1. The van der Waals surface area contributed by atoms with Gasteiger partial charge in [-0.2, -0.15) is 5.10 Å². The van der Waals surface area contributed by atoms with Crippen molar-refractivity contribution in [3.8, 4) is 11.1 Å². The van der Waals surface area contributed by atoms with Crippen LogP contribution in [0.25, 0.3) is 22.2 Å². The third-order valence-corrected chi connectivity index (χ3v) is 3.13. The average molecular weight is 273 g/mol. The Kier molecular flexibility index (Phi) is 3.17. The Balaban J connectivity index is 2.03. The van der Waals surface area contributed by atoms with E-state index >= 15 is 0 Å². The minimum absolute atomic E-state index is 0.480. The predicted molar refractivity (Wildman–Crippen MR) is 76.1 cm³/mol. The fraction of sp³-hybridized carbons (Fsp3) is 0.214. The second-order valence-corrected chi connectivity index (χ2v) is 4.78. The van der Waals surface area contributed by atoms with Crippen LogP contribution in [-0.2, 0) is 6.54 Å². The molecule has 0 fully saturated rings. The van der Waals surface area contributed by atoms with Crippen molar-refractivity contribution in [2.75, 3.05) is 0 Å². The van der Waals surface area contributed by atoms with E-state index in [9.17, 15) is 0 Å². The Morgan fingerprint density at radius 1 is 1.16 bits per heavy atom. The predicted octanol–water partition coefficient (Wildman–Crippen LogP) is 3.56. The number of halogens is 1. The summed E-state index contributed by atoms with van der Waals surface area (Å²) in [5.74, 6) is 0. The van der Waals surface area contributed by atoms with Crippen molar-refractivity contribution in [2.45, 2.75) is 19.9 Å². The van der Waals surface area contributed by atoms with Crippen LogP contribution in [-0.4, -0.2) is 19.7 Å². The molecule has 0 N–H and O–H groups in total. The number of pyridine rings is 2. The Hall–Kier alpha value is -1.94. The Bertz CT molecular complexity index is 720. The van der Waals surface area contributed by atoms with Gasteiger partial charge < -0.3 is 0 Å². The highest BCUT2D eigenvalue weighted by molar-refractivity contribution is 6.29. The second kappa shape index (κ2) is 4.97. The summed E-state index contributed by atoms with van der Waals surface area (Å²) in [5.41, 5.74) is 3.69. The molecule has 3 rings (SSSR count). The highest BCUT2D eigenvalue weighted by atomic mass is 35.5. The Morgan fingerprint density at radius 3 is 2.89 bits per heavy atom. The molecule has 0 unspecified atom stereocenters. The van der Waals surface area contributed by atoms with Crippen LogP contribution in [0.1, 0.15) is 13.3 Å². The normalized spacial score (nSPS) is 11.1. The van der Waals surface area contributed by atoms with Crippen LogP contribution < -0.4 is 0 Å². The first-order valence-electron chi connectivity index (χ1n) is 6.21. The van der Waals surface area contributed by atoms with Crippen LogP contribution >= 0.6 is 11.6 Å². The van der Waals surface area contributed by atoms with Gasteiger partial charge in [-0.15, -0.1) is 0 Å². The molecular weight excluding hydrogens is 260 g/mol. The van der Waals surface area contributed by atoms with Gasteiger partial charge in [0.25, 0.3) is 0 Å². The topological polar surface area (TPSA) is 43.6 Å². The summed E-state index contributed by atoms with van der Waals surface area (Å²) in [7, 11) is 0. The highest BCUT2D eigenvalue weighted by Crippen LogP contribution is 2.22. The molecule has 0 aliphatic heterocycles. The molecule has 0 saturated heterocycles. The number of hydrogen-bond donors (Lipinski definition) is 0. The van der Waals surface area contributed by atoms with Gasteiger partial charge in [-0.25, -0.2) is 4.98 Å². The Labute approximate surface area is 116 Å². The van der Waals surface area contributed by atoms with Crippen LogP contribution in [0.4, 0.5) is 0 Å². The van der Waals surface area contributed by atoms with Gasteiger partial charge in [0.15, 0.2) is 0 Å². The number of nitrogens with zero attached hydrogens (tertiary/aromatic N) is 4. The van der Waals surface area contributed by atoms with Gasteiger partial charge in [-0.1, -0.05) is 18.5 Å². The molecule has 0 radical (unpaired) electrons. The van der Waals surface area contributed by atoms with Gasteiger partial charge in [0.05, 0.1) is 17.2 Å². The van der Waals surface area contributed by atoms with Crippen LogP contribution in [0.15, 0.2) is 36.8 Å². The van der Waals surface area contributed by atoms with Gasteiger partial charge in [0.1, 0.15) is 5.15 Å². The minimum atomic E-state index is 0.480. The lowest BCUT2D eigenvalue weighted by atomic mass is 10.1. The third-order valence-electron chi connectivity index (χ3n) is 2.92. The van der Waals surface area contributed by atoms with Gasteiger partial charge in [-0.3, -0.25) is 9.67 Å². The zero-order valence-corrected chi connectivity index (χ0v) is 11.3. The lowest BCUT2D eigenvalue weighted by Gasteiger charge is -2.00. The van der Waals surface area contributed by atoms with E-state index < -0.39 is 0 Å².